The van der Waals surface area contributed by atoms with Gasteiger partial charge in [-0.25, -0.2) is 4.98 Å². The molecule has 1 heterocycles. The van der Waals surface area contributed by atoms with Gasteiger partial charge >= 0.3 is 0 Å². The molecule has 0 bridgehead atoms. The Morgan fingerprint density at radius 3 is 2.32 bits per heavy atom. The Morgan fingerprint density at radius 2 is 1.68 bits per heavy atom. The number of benzene rings is 1. The quantitative estimate of drug-likeness (QED) is 0.901. The van der Waals surface area contributed by atoms with Gasteiger partial charge in [0.1, 0.15) is 5.01 Å². The van der Waals surface area contributed by atoms with E-state index in [2.05, 4.69) is 52.1 Å². The molecule has 0 saturated heterocycles. The van der Waals surface area contributed by atoms with Gasteiger partial charge < -0.3 is 5.32 Å². The predicted molar refractivity (Wildman–Crippen MR) is 84.0 cm³/mol. The van der Waals surface area contributed by atoms with Crippen molar-refractivity contribution in [2.75, 3.05) is 7.05 Å². The highest BCUT2D eigenvalue weighted by Gasteiger charge is 2.15. The third-order valence-electron chi connectivity index (χ3n) is 3.73. The Hall–Kier alpha value is -1.19. The van der Waals surface area contributed by atoms with Crippen LogP contribution < -0.4 is 5.32 Å². The zero-order valence-electron chi connectivity index (χ0n) is 12.6. The summed E-state index contributed by atoms with van der Waals surface area (Å²) in [6.07, 6.45) is 0. The van der Waals surface area contributed by atoms with Crippen molar-refractivity contribution in [2.45, 2.75) is 40.7 Å². The molecule has 0 fully saturated rings. The third kappa shape index (κ3) is 2.72. The number of hydrogen-bond donors (Lipinski definition) is 1. The molecule has 0 aliphatic carbocycles. The van der Waals surface area contributed by atoms with Crippen LogP contribution in [0.25, 0.3) is 10.6 Å². The van der Waals surface area contributed by atoms with Crippen LogP contribution in [0.2, 0.25) is 0 Å². The molecule has 2 aromatic rings. The molecule has 1 aromatic heterocycles. The van der Waals surface area contributed by atoms with Crippen molar-refractivity contribution < 1.29 is 0 Å². The van der Waals surface area contributed by atoms with Crippen LogP contribution in [-0.4, -0.2) is 12.0 Å². The Morgan fingerprint density at radius 1 is 1.05 bits per heavy atom. The minimum Gasteiger partial charge on any atom is -0.312 e. The summed E-state index contributed by atoms with van der Waals surface area (Å²) in [7, 11) is 1.99. The Balaban J connectivity index is 2.51. The first-order valence-electron chi connectivity index (χ1n) is 6.66. The minimum atomic E-state index is 0.359. The largest absolute Gasteiger partial charge is 0.312 e. The average molecular weight is 274 g/mol. The lowest BCUT2D eigenvalue weighted by atomic mass is 10.0. The Bertz CT molecular complexity index is 599. The van der Waals surface area contributed by atoms with Gasteiger partial charge in [0.2, 0.25) is 0 Å². The highest BCUT2D eigenvalue weighted by molar-refractivity contribution is 7.15. The van der Waals surface area contributed by atoms with Crippen LogP contribution in [-0.2, 0) is 0 Å². The standard InChI is InChI=1S/C16H22N2S/c1-9-7-11(3)14(8-10(9)2)16-18-13(5)15(19-16)12(4)17-6/h7-8,12,17H,1-6H3. The fraction of sp³-hybridized carbons (Fsp3) is 0.438. The van der Waals surface area contributed by atoms with Gasteiger partial charge in [-0.2, -0.15) is 0 Å². The van der Waals surface area contributed by atoms with E-state index in [-0.39, 0.29) is 0 Å². The first-order valence-corrected chi connectivity index (χ1v) is 7.48. The second kappa shape index (κ2) is 5.43. The SMILES string of the molecule is CNC(C)c1sc(-c2cc(C)c(C)cc2C)nc1C. The van der Waals surface area contributed by atoms with Gasteiger partial charge in [-0.1, -0.05) is 6.07 Å². The topological polar surface area (TPSA) is 24.9 Å². The fourth-order valence-corrected chi connectivity index (χ4v) is 3.46. The maximum Gasteiger partial charge on any atom is 0.124 e. The van der Waals surface area contributed by atoms with E-state index in [1.165, 1.54) is 27.1 Å². The fourth-order valence-electron chi connectivity index (χ4n) is 2.25. The van der Waals surface area contributed by atoms with Crippen LogP contribution in [0, 0.1) is 27.7 Å². The Kier molecular flexibility index (Phi) is 4.07. The highest BCUT2D eigenvalue weighted by Crippen LogP contribution is 2.34. The second-order valence-corrected chi connectivity index (χ2v) is 6.26. The predicted octanol–water partition coefficient (Wildman–Crippen LogP) is 4.32. The number of rotatable bonds is 3. The van der Waals surface area contributed by atoms with E-state index < -0.39 is 0 Å². The summed E-state index contributed by atoms with van der Waals surface area (Å²) in [6.45, 7) is 10.8. The molecule has 1 aromatic carbocycles. The summed E-state index contributed by atoms with van der Waals surface area (Å²) < 4.78 is 0. The number of aryl methyl sites for hydroxylation is 4. The van der Waals surface area contributed by atoms with Gasteiger partial charge in [0.25, 0.3) is 0 Å². The van der Waals surface area contributed by atoms with Crippen LogP contribution in [0.15, 0.2) is 12.1 Å². The molecule has 0 saturated carbocycles. The van der Waals surface area contributed by atoms with E-state index in [4.69, 9.17) is 4.98 Å². The van der Waals surface area contributed by atoms with Gasteiger partial charge in [0.15, 0.2) is 0 Å². The number of aromatic nitrogens is 1. The van der Waals surface area contributed by atoms with Crippen molar-refractivity contribution in [3.63, 3.8) is 0 Å². The molecule has 0 amide bonds. The number of nitrogens with one attached hydrogen (secondary N) is 1. The molecular formula is C16H22N2S. The molecular weight excluding hydrogens is 252 g/mol. The van der Waals surface area contributed by atoms with Crippen LogP contribution in [0.4, 0.5) is 0 Å². The van der Waals surface area contributed by atoms with Gasteiger partial charge in [-0.05, 0) is 64.4 Å². The third-order valence-corrected chi connectivity index (χ3v) is 5.10. The van der Waals surface area contributed by atoms with Gasteiger partial charge in [-0.3, -0.25) is 0 Å². The van der Waals surface area contributed by atoms with Crippen molar-refractivity contribution in [2.24, 2.45) is 0 Å². The first-order chi connectivity index (χ1) is 8.93. The summed E-state index contributed by atoms with van der Waals surface area (Å²) in [6, 6.07) is 4.87. The molecule has 19 heavy (non-hydrogen) atoms. The van der Waals surface area contributed by atoms with E-state index in [1.54, 1.807) is 11.3 Å². The number of thiazole rings is 1. The van der Waals surface area contributed by atoms with Crippen molar-refractivity contribution >= 4 is 11.3 Å². The summed E-state index contributed by atoms with van der Waals surface area (Å²) in [5.41, 5.74) is 6.39. The molecule has 3 heteroatoms. The average Bonchev–Trinajstić information content (AvgIpc) is 2.75. The summed E-state index contributed by atoms with van der Waals surface area (Å²) in [5, 5.41) is 4.43. The second-order valence-electron chi connectivity index (χ2n) is 5.23. The summed E-state index contributed by atoms with van der Waals surface area (Å²) >= 11 is 1.80. The monoisotopic (exact) mass is 274 g/mol. The summed E-state index contributed by atoms with van der Waals surface area (Å²) in [5.74, 6) is 0. The van der Waals surface area contributed by atoms with E-state index >= 15 is 0 Å². The maximum absolute atomic E-state index is 4.76. The molecule has 1 N–H and O–H groups in total. The van der Waals surface area contributed by atoms with Crippen LogP contribution in [0.1, 0.15) is 40.2 Å². The lowest BCUT2D eigenvalue weighted by Gasteiger charge is -2.08. The van der Waals surface area contributed by atoms with E-state index in [0.717, 1.165) is 10.7 Å². The van der Waals surface area contributed by atoms with Gasteiger partial charge in [0, 0.05) is 16.5 Å². The number of hydrogen-bond acceptors (Lipinski definition) is 3. The van der Waals surface area contributed by atoms with Crippen LogP contribution in [0.5, 0.6) is 0 Å². The molecule has 0 aliphatic heterocycles. The van der Waals surface area contributed by atoms with Crippen molar-refractivity contribution in [3.8, 4) is 10.6 Å². The Labute approximate surface area is 119 Å². The van der Waals surface area contributed by atoms with Crippen LogP contribution >= 0.6 is 11.3 Å². The zero-order valence-corrected chi connectivity index (χ0v) is 13.4. The van der Waals surface area contributed by atoms with E-state index in [9.17, 15) is 0 Å². The molecule has 2 rings (SSSR count). The van der Waals surface area contributed by atoms with Gasteiger partial charge in [0.05, 0.1) is 5.69 Å². The first kappa shape index (κ1) is 14.2. The molecule has 0 radical (unpaired) electrons. The highest BCUT2D eigenvalue weighted by atomic mass is 32.1. The molecule has 0 spiro atoms. The van der Waals surface area contributed by atoms with Crippen molar-refractivity contribution in [1.29, 1.82) is 0 Å². The molecule has 2 nitrogen and oxygen atoms in total. The van der Waals surface area contributed by atoms with E-state index in [0.29, 0.717) is 6.04 Å². The molecule has 0 aliphatic rings. The summed E-state index contributed by atoms with van der Waals surface area (Å²) in [4.78, 5) is 6.09. The van der Waals surface area contributed by atoms with Crippen LogP contribution in [0.3, 0.4) is 0 Å². The maximum atomic E-state index is 4.76. The zero-order chi connectivity index (χ0) is 14.2. The van der Waals surface area contributed by atoms with Crippen molar-refractivity contribution in [3.05, 3.63) is 39.4 Å². The number of nitrogens with zero attached hydrogens (tertiary/aromatic N) is 1. The smallest absolute Gasteiger partial charge is 0.124 e. The normalized spacial score (nSPS) is 12.7. The lowest BCUT2D eigenvalue weighted by Crippen LogP contribution is -2.11. The molecule has 102 valence electrons. The minimum absolute atomic E-state index is 0.359. The van der Waals surface area contributed by atoms with Crippen molar-refractivity contribution in [1.82, 2.24) is 10.3 Å². The van der Waals surface area contributed by atoms with Gasteiger partial charge in [-0.15, -0.1) is 11.3 Å². The molecule has 1 atom stereocenters. The lowest BCUT2D eigenvalue weighted by molar-refractivity contribution is 0.658. The molecule has 1 unspecified atom stereocenters. The van der Waals surface area contributed by atoms with E-state index in [1.807, 2.05) is 7.05 Å².